The minimum Gasteiger partial charge on any atom is -0.384 e. The largest absolute Gasteiger partial charge is 0.384 e. The van der Waals surface area contributed by atoms with Gasteiger partial charge in [-0.1, -0.05) is 6.92 Å². The van der Waals surface area contributed by atoms with Gasteiger partial charge in [-0.2, -0.15) is 5.10 Å². The normalized spacial score (nSPS) is 14.8. The summed E-state index contributed by atoms with van der Waals surface area (Å²) in [6.45, 7) is 5.97. The summed E-state index contributed by atoms with van der Waals surface area (Å²) in [7, 11) is 3.75. The van der Waals surface area contributed by atoms with Crippen LogP contribution in [-0.4, -0.2) is 41.6 Å². The Morgan fingerprint density at radius 1 is 1.53 bits per heavy atom. The molecule has 0 aliphatic heterocycles. The quantitative estimate of drug-likeness (QED) is 0.739. The molecule has 0 aromatic carbocycles. The highest BCUT2D eigenvalue weighted by Crippen LogP contribution is 2.10. The van der Waals surface area contributed by atoms with Gasteiger partial charge in [0.25, 0.3) is 0 Å². The molecule has 1 aromatic rings. The number of aryl methyl sites for hydroxylation is 1. The first-order chi connectivity index (χ1) is 8.21. The standard InChI is InChI=1S/C12H24N4O/c1-5-16-12(14-9-15-16)7-11(13-3)6-10(2)8-17-4/h9-11,13H,5-8H2,1-4H3. The SMILES string of the molecule is CCn1ncnc1CC(CC(C)COC)NC. The van der Waals surface area contributed by atoms with Crippen molar-refractivity contribution in [1.29, 1.82) is 0 Å². The van der Waals surface area contributed by atoms with Gasteiger partial charge in [-0.05, 0) is 26.3 Å². The topological polar surface area (TPSA) is 52.0 Å². The van der Waals surface area contributed by atoms with Gasteiger partial charge >= 0.3 is 0 Å². The Balaban J connectivity index is 2.51. The summed E-state index contributed by atoms with van der Waals surface area (Å²) in [5.41, 5.74) is 0. The average molecular weight is 240 g/mol. The predicted octanol–water partition coefficient (Wildman–Crippen LogP) is 1.10. The van der Waals surface area contributed by atoms with E-state index in [1.807, 2.05) is 11.7 Å². The van der Waals surface area contributed by atoms with E-state index in [-0.39, 0.29) is 0 Å². The number of nitrogens with zero attached hydrogens (tertiary/aromatic N) is 3. The summed E-state index contributed by atoms with van der Waals surface area (Å²) in [4.78, 5) is 4.31. The van der Waals surface area contributed by atoms with Crippen LogP contribution in [0.25, 0.3) is 0 Å². The molecule has 1 aromatic heterocycles. The van der Waals surface area contributed by atoms with Crippen molar-refractivity contribution in [2.75, 3.05) is 20.8 Å². The van der Waals surface area contributed by atoms with Crippen LogP contribution in [0.1, 0.15) is 26.1 Å². The fourth-order valence-electron chi connectivity index (χ4n) is 2.07. The van der Waals surface area contributed by atoms with Crippen molar-refractivity contribution in [3.8, 4) is 0 Å². The Bertz CT molecular complexity index is 313. The fourth-order valence-corrected chi connectivity index (χ4v) is 2.07. The Labute approximate surface area is 104 Å². The van der Waals surface area contributed by atoms with Gasteiger partial charge in [0, 0.05) is 32.7 Å². The minimum atomic E-state index is 0.426. The van der Waals surface area contributed by atoms with E-state index in [2.05, 4.69) is 29.2 Å². The molecule has 0 amide bonds. The Morgan fingerprint density at radius 3 is 2.88 bits per heavy atom. The van der Waals surface area contributed by atoms with Crippen molar-refractivity contribution in [1.82, 2.24) is 20.1 Å². The second-order valence-electron chi connectivity index (χ2n) is 4.48. The van der Waals surface area contributed by atoms with Crippen LogP contribution in [0.4, 0.5) is 0 Å². The van der Waals surface area contributed by atoms with E-state index in [0.717, 1.165) is 31.8 Å². The molecule has 5 nitrogen and oxygen atoms in total. The monoisotopic (exact) mass is 240 g/mol. The van der Waals surface area contributed by atoms with Gasteiger partial charge in [-0.15, -0.1) is 0 Å². The molecule has 0 bridgehead atoms. The fraction of sp³-hybridized carbons (Fsp3) is 0.833. The zero-order valence-corrected chi connectivity index (χ0v) is 11.3. The molecule has 0 aliphatic rings. The van der Waals surface area contributed by atoms with Crippen LogP contribution in [0, 0.1) is 5.92 Å². The second kappa shape index (κ2) is 7.40. The van der Waals surface area contributed by atoms with E-state index < -0.39 is 0 Å². The summed E-state index contributed by atoms with van der Waals surface area (Å²) >= 11 is 0. The molecular formula is C12H24N4O. The van der Waals surface area contributed by atoms with E-state index in [4.69, 9.17) is 4.74 Å². The molecular weight excluding hydrogens is 216 g/mol. The van der Waals surface area contributed by atoms with E-state index in [1.54, 1.807) is 13.4 Å². The number of nitrogens with one attached hydrogen (secondary N) is 1. The van der Waals surface area contributed by atoms with Crippen molar-refractivity contribution in [3.05, 3.63) is 12.2 Å². The third-order valence-corrected chi connectivity index (χ3v) is 2.97. The lowest BCUT2D eigenvalue weighted by molar-refractivity contribution is 0.149. The first-order valence-corrected chi connectivity index (χ1v) is 6.24. The Kier molecular flexibility index (Phi) is 6.15. The summed E-state index contributed by atoms with van der Waals surface area (Å²) in [5.74, 6) is 1.60. The minimum absolute atomic E-state index is 0.426. The maximum Gasteiger partial charge on any atom is 0.138 e. The van der Waals surface area contributed by atoms with Gasteiger partial charge in [-0.3, -0.25) is 4.68 Å². The number of hydrogen-bond acceptors (Lipinski definition) is 4. The van der Waals surface area contributed by atoms with Crippen molar-refractivity contribution in [2.24, 2.45) is 5.92 Å². The molecule has 0 fully saturated rings. The lowest BCUT2D eigenvalue weighted by Gasteiger charge is -2.19. The summed E-state index contributed by atoms with van der Waals surface area (Å²) < 4.78 is 7.12. The van der Waals surface area contributed by atoms with Crippen molar-refractivity contribution >= 4 is 0 Å². The molecule has 1 N–H and O–H groups in total. The van der Waals surface area contributed by atoms with Gasteiger partial charge < -0.3 is 10.1 Å². The smallest absolute Gasteiger partial charge is 0.138 e. The number of rotatable bonds is 8. The molecule has 0 aliphatic carbocycles. The predicted molar refractivity (Wildman–Crippen MR) is 67.9 cm³/mol. The third kappa shape index (κ3) is 4.44. The van der Waals surface area contributed by atoms with Crippen molar-refractivity contribution in [2.45, 2.75) is 39.3 Å². The highest BCUT2D eigenvalue weighted by atomic mass is 16.5. The van der Waals surface area contributed by atoms with Crippen LogP contribution in [0.2, 0.25) is 0 Å². The Hall–Kier alpha value is -0.940. The van der Waals surface area contributed by atoms with Crippen LogP contribution in [0.5, 0.6) is 0 Å². The van der Waals surface area contributed by atoms with Gasteiger partial charge in [0.2, 0.25) is 0 Å². The molecule has 0 spiro atoms. The lowest BCUT2D eigenvalue weighted by atomic mass is 10.00. The van der Waals surface area contributed by atoms with Crippen LogP contribution in [0.15, 0.2) is 6.33 Å². The summed E-state index contributed by atoms with van der Waals surface area (Å²) in [6, 6.07) is 0.426. The zero-order valence-electron chi connectivity index (χ0n) is 11.3. The van der Waals surface area contributed by atoms with E-state index in [9.17, 15) is 0 Å². The van der Waals surface area contributed by atoms with E-state index in [1.165, 1.54) is 0 Å². The van der Waals surface area contributed by atoms with Gasteiger partial charge in [0.05, 0.1) is 0 Å². The number of hydrogen-bond donors (Lipinski definition) is 1. The third-order valence-electron chi connectivity index (χ3n) is 2.97. The van der Waals surface area contributed by atoms with Crippen LogP contribution >= 0.6 is 0 Å². The maximum absolute atomic E-state index is 5.17. The molecule has 0 saturated carbocycles. The van der Waals surface area contributed by atoms with Crippen molar-refractivity contribution in [3.63, 3.8) is 0 Å². The number of ether oxygens (including phenoxy) is 1. The van der Waals surface area contributed by atoms with Gasteiger partial charge in [0.15, 0.2) is 0 Å². The zero-order chi connectivity index (χ0) is 12.7. The number of likely N-dealkylation sites (N-methyl/N-ethyl adjacent to an activating group) is 1. The molecule has 1 rings (SSSR count). The van der Waals surface area contributed by atoms with Gasteiger partial charge in [0.1, 0.15) is 12.2 Å². The molecule has 17 heavy (non-hydrogen) atoms. The molecule has 1 heterocycles. The van der Waals surface area contributed by atoms with E-state index in [0.29, 0.717) is 12.0 Å². The molecule has 0 radical (unpaired) electrons. The Morgan fingerprint density at radius 2 is 2.29 bits per heavy atom. The average Bonchev–Trinajstić information content (AvgIpc) is 2.75. The molecule has 0 saturated heterocycles. The lowest BCUT2D eigenvalue weighted by Crippen LogP contribution is -2.31. The van der Waals surface area contributed by atoms with E-state index >= 15 is 0 Å². The van der Waals surface area contributed by atoms with Gasteiger partial charge in [-0.25, -0.2) is 4.98 Å². The van der Waals surface area contributed by atoms with Crippen LogP contribution in [0.3, 0.4) is 0 Å². The molecule has 98 valence electrons. The summed E-state index contributed by atoms with van der Waals surface area (Å²) in [6.07, 6.45) is 3.63. The number of aromatic nitrogens is 3. The summed E-state index contributed by atoms with van der Waals surface area (Å²) in [5, 5.41) is 7.53. The molecule has 5 heteroatoms. The molecule has 2 unspecified atom stereocenters. The molecule has 2 atom stereocenters. The van der Waals surface area contributed by atoms with Crippen LogP contribution in [-0.2, 0) is 17.7 Å². The second-order valence-corrected chi connectivity index (χ2v) is 4.48. The van der Waals surface area contributed by atoms with Crippen molar-refractivity contribution < 1.29 is 4.74 Å². The highest BCUT2D eigenvalue weighted by Gasteiger charge is 2.15. The first-order valence-electron chi connectivity index (χ1n) is 6.24. The van der Waals surface area contributed by atoms with Crippen LogP contribution < -0.4 is 5.32 Å². The first kappa shape index (κ1) is 14.1. The highest BCUT2D eigenvalue weighted by molar-refractivity contribution is 4.89. The number of methoxy groups -OCH3 is 1. The maximum atomic E-state index is 5.17.